The topological polar surface area (TPSA) is 53.1 Å². The number of fused-ring (bicyclic) bond motifs is 1. The van der Waals surface area contributed by atoms with Crippen LogP contribution in [0.4, 0.5) is 0 Å². The molecule has 0 saturated heterocycles. The van der Waals surface area contributed by atoms with Crippen LogP contribution in [0, 0.1) is 0 Å². The van der Waals surface area contributed by atoms with Crippen molar-refractivity contribution >= 4 is 28.5 Å². The van der Waals surface area contributed by atoms with Gasteiger partial charge in [0, 0.05) is 17.1 Å². The Kier molecular flexibility index (Phi) is 5.48. The molecule has 0 spiro atoms. The molecule has 20 heavy (non-hydrogen) atoms. The van der Waals surface area contributed by atoms with Gasteiger partial charge in [-0.25, -0.2) is 0 Å². The van der Waals surface area contributed by atoms with E-state index < -0.39 is 11.3 Å². The van der Waals surface area contributed by atoms with E-state index in [9.17, 15) is 4.79 Å². The van der Waals surface area contributed by atoms with Crippen LogP contribution in [0.1, 0.15) is 37.7 Å². The van der Waals surface area contributed by atoms with Crippen molar-refractivity contribution in [2.45, 2.75) is 43.9 Å². The highest BCUT2D eigenvalue weighted by molar-refractivity contribution is 6.29. The Morgan fingerprint density at radius 3 is 2.75 bits per heavy atom. The highest BCUT2D eigenvalue weighted by Gasteiger charge is 2.12. The third-order valence-electron chi connectivity index (χ3n) is 3.60. The van der Waals surface area contributed by atoms with Gasteiger partial charge in [0.1, 0.15) is 5.38 Å². The van der Waals surface area contributed by atoms with E-state index in [4.69, 9.17) is 16.7 Å². The number of unbranched alkanes of at least 4 members (excludes halogenated alkanes) is 3. The highest BCUT2D eigenvalue weighted by Crippen LogP contribution is 2.20. The molecular formula is C16H20ClNO2. The molecule has 0 fully saturated rings. The van der Waals surface area contributed by atoms with Crippen molar-refractivity contribution < 1.29 is 9.90 Å². The summed E-state index contributed by atoms with van der Waals surface area (Å²) in [6.07, 6.45) is 7.87. The number of aliphatic carboxylic acids is 1. The molecule has 1 aromatic carbocycles. The van der Waals surface area contributed by atoms with Crippen LogP contribution in [0.3, 0.4) is 0 Å². The maximum absolute atomic E-state index is 10.6. The van der Waals surface area contributed by atoms with E-state index in [0.717, 1.165) is 32.1 Å². The summed E-state index contributed by atoms with van der Waals surface area (Å²) >= 11 is 5.67. The van der Waals surface area contributed by atoms with Gasteiger partial charge in [0.05, 0.1) is 0 Å². The lowest BCUT2D eigenvalue weighted by Crippen LogP contribution is -2.12. The summed E-state index contributed by atoms with van der Waals surface area (Å²) in [4.78, 5) is 13.8. The van der Waals surface area contributed by atoms with Gasteiger partial charge in [-0.3, -0.25) is 4.79 Å². The number of rotatable bonds is 8. The zero-order valence-corrected chi connectivity index (χ0v) is 12.2. The highest BCUT2D eigenvalue weighted by atomic mass is 35.5. The average molecular weight is 294 g/mol. The van der Waals surface area contributed by atoms with E-state index in [1.165, 1.54) is 16.5 Å². The van der Waals surface area contributed by atoms with E-state index in [2.05, 4.69) is 29.4 Å². The minimum absolute atomic E-state index is 0.559. The first-order valence-electron chi connectivity index (χ1n) is 7.10. The summed E-state index contributed by atoms with van der Waals surface area (Å²) < 4.78 is 0. The molecule has 0 bridgehead atoms. The summed E-state index contributed by atoms with van der Waals surface area (Å²) in [7, 11) is 0. The second-order valence-electron chi connectivity index (χ2n) is 5.12. The number of nitrogens with one attached hydrogen (secondary N) is 1. The zero-order chi connectivity index (χ0) is 14.4. The second kappa shape index (κ2) is 7.34. The average Bonchev–Trinajstić information content (AvgIpc) is 2.85. The fraction of sp³-hybridized carbons (Fsp3) is 0.438. The number of hydrogen-bond donors (Lipinski definition) is 2. The molecule has 0 aliphatic heterocycles. The van der Waals surface area contributed by atoms with Crippen molar-refractivity contribution in [3.8, 4) is 0 Å². The number of aromatic amines is 1. The Labute approximate surface area is 124 Å². The minimum Gasteiger partial charge on any atom is -0.480 e. The van der Waals surface area contributed by atoms with Crippen LogP contribution in [0.5, 0.6) is 0 Å². The number of alkyl halides is 1. The molecule has 1 aromatic heterocycles. The number of para-hydroxylation sites is 1. The van der Waals surface area contributed by atoms with Crippen molar-refractivity contribution in [3.05, 3.63) is 36.0 Å². The normalized spacial score (nSPS) is 12.7. The number of benzene rings is 1. The third-order valence-corrected chi connectivity index (χ3v) is 4.00. The fourth-order valence-corrected chi connectivity index (χ4v) is 2.61. The van der Waals surface area contributed by atoms with Gasteiger partial charge in [-0.05, 0) is 30.9 Å². The predicted molar refractivity (Wildman–Crippen MR) is 82.4 cm³/mol. The van der Waals surface area contributed by atoms with Crippen LogP contribution in [0.2, 0.25) is 0 Å². The lowest BCUT2D eigenvalue weighted by Gasteiger charge is -2.04. The number of carboxylic acids is 1. The van der Waals surface area contributed by atoms with Crippen molar-refractivity contribution in [2.75, 3.05) is 0 Å². The molecular weight excluding hydrogens is 274 g/mol. The second-order valence-corrected chi connectivity index (χ2v) is 5.64. The molecule has 0 saturated carbocycles. The molecule has 108 valence electrons. The lowest BCUT2D eigenvalue weighted by atomic mass is 10.0. The Morgan fingerprint density at radius 1 is 1.20 bits per heavy atom. The van der Waals surface area contributed by atoms with Gasteiger partial charge in [0.25, 0.3) is 0 Å². The van der Waals surface area contributed by atoms with Gasteiger partial charge in [-0.2, -0.15) is 0 Å². The van der Waals surface area contributed by atoms with Crippen LogP contribution in [0.25, 0.3) is 10.9 Å². The first-order chi connectivity index (χ1) is 9.68. The van der Waals surface area contributed by atoms with Crippen molar-refractivity contribution in [1.82, 2.24) is 4.98 Å². The number of halogens is 1. The first kappa shape index (κ1) is 14.9. The Bertz CT molecular complexity index is 564. The summed E-state index contributed by atoms with van der Waals surface area (Å²) in [5, 5.41) is 9.25. The van der Waals surface area contributed by atoms with Gasteiger partial charge in [-0.1, -0.05) is 37.5 Å². The SMILES string of the molecule is O=C(O)C(Cl)CCCCCCc1c[nH]c2ccccc12. The summed E-state index contributed by atoms with van der Waals surface area (Å²) in [6, 6.07) is 8.33. The number of aryl methyl sites for hydroxylation is 1. The van der Waals surface area contributed by atoms with Crippen LogP contribution >= 0.6 is 11.6 Å². The third kappa shape index (κ3) is 4.01. The number of hydrogen-bond acceptors (Lipinski definition) is 1. The molecule has 1 unspecified atom stereocenters. The molecule has 4 heteroatoms. The predicted octanol–water partition coefficient (Wildman–Crippen LogP) is 4.35. The smallest absolute Gasteiger partial charge is 0.321 e. The monoisotopic (exact) mass is 293 g/mol. The molecule has 2 N–H and O–H groups in total. The standard InChI is InChI=1S/C16H20ClNO2/c17-14(16(19)20)9-4-2-1-3-7-12-11-18-15-10-6-5-8-13(12)15/h5-6,8,10-11,14,18H,1-4,7,9H2,(H,19,20). The van der Waals surface area contributed by atoms with Crippen LogP contribution in [-0.4, -0.2) is 21.4 Å². The van der Waals surface area contributed by atoms with Gasteiger partial charge >= 0.3 is 5.97 Å². The quantitative estimate of drug-likeness (QED) is 0.561. The molecule has 2 rings (SSSR count). The van der Waals surface area contributed by atoms with E-state index in [1.54, 1.807) is 0 Å². The molecule has 0 amide bonds. The van der Waals surface area contributed by atoms with Crippen molar-refractivity contribution in [1.29, 1.82) is 0 Å². The molecule has 2 aromatic rings. The molecule has 3 nitrogen and oxygen atoms in total. The van der Waals surface area contributed by atoms with Gasteiger partial charge < -0.3 is 10.1 Å². The Morgan fingerprint density at radius 2 is 1.95 bits per heavy atom. The number of H-pyrrole nitrogens is 1. The summed E-state index contributed by atoms with van der Waals surface area (Å²) in [5.41, 5.74) is 2.55. The summed E-state index contributed by atoms with van der Waals surface area (Å²) in [6.45, 7) is 0. The fourth-order valence-electron chi connectivity index (χ4n) is 2.45. The number of aromatic nitrogens is 1. The van der Waals surface area contributed by atoms with Crippen molar-refractivity contribution in [2.24, 2.45) is 0 Å². The van der Waals surface area contributed by atoms with E-state index >= 15 is 0 Å². The lowest BCUT2D eigenvalue weighted by molar-refractivity contribution is -0.136. The van der Waals surface area contributed by atoms with Crippen molar-refractivity contribution in [3.63, 3.8) is 0 Å². The molecule has 0 aliphatic rings. The van der Waals surface area contributed by atoms with Gasteiger partial charge in [-0.15, -0.1) is 11.6 Å². The Hall–Kier alpha value is -1.48. The van der Waals surface area contributed by atoms with Crippen LogP contribution in [0.15, 0.2) is 30.5 Å². The summed E-state index contributed by atoms with van der Waals surface area (Å²) in [5.74, 6) is -0.912. The van der Waals surface area contributed by atoms with Crippen LogP contribution < -0.4 is 0 Å². The molecule has 1 heterocycles. The number of carbonyl (C=O) groups is 1. The maximum Gasteiger partial charge on any atom is 0.321 e. The first-order valence-corrected chi connectivity index (χ1v) is 7.54. The van der Waals surface area contributed by atoms with E-state index in [-0.39, 0.29) is 0 Å². The largest absolute Gasteiger partial charge is 0.480 e. The molecule has 0 radical (unpaired) electrons. The van der Waals surface area contributed by atoms with Gasteiger partial charge in [0.15, 0.2) is 0 Å². The van der Waals surface area contributed by atoms with E-state index in [1.807, 2.05) is 6.07 Å². The van der Waals surface area contributed by atoms with Crippen LogP contribution in [-0.2, 0) is 11.2 Å². The Balaban J connectivity index is 1.68. The van der Waals surface area contributed by atoms with E-state index in [0.29, 0.717) is 6.42 Å². The van der Waals surface area contributed by atoms with Gasteiger partial charge in [0.2, 0.25) is 0 Å². The molecule has 1 atom stereocenters. The maximum atomic E-state index is 10.6. The zero-order valence-electron chi connectivity index (χ0n) is 11.4. The minimum atomic E-state index is -0.912. The number of carboxylic acid groups (broad SMARTS) is 1. The molecule has 0 aliphatic carbocycles.